The molecule has 0 aliphatic rings. The van der Waals surface area contributed by atoms with E-state index in [-0.39, 0.29) is 0 Å². The van der Waals surface area contributed by atoms with Crippen molar-refractivity contribution in [3.8, 4) is 17.6 Å². The highest BCUT2D eigenvalue weighted by atomic mass is 16.5. The number of allylic oxidation sites excluding steroid dienone is 1. The molecule has 6 nitrogen and oxygen atoms in total. The number of hydrogen-bond acceptors (Lipinski definition) is 5. The number of methoxy groups -OCH3 is 1. The zero-order chi connectivity index (χ0) is 15.8. The van der Waals surface area contributed by atoms with Crippen LogP contribution in [0.15, 0.2) is 36.9 Å². The maximum absolute atomic E-state index is 9.05. The molecule has 0 aliphatic carbocycles. The molecule has 0 unspecified atom stereocenters. The van der Waals surface area contributed by atoms with Crippen LogP contribution in [0.3, 0.4) is 0 Å². The van der Waals surface area contributed by atoms with Gasteiger partial charge in [0.2, 0.25) is 0 Å². The van der Waals surface area contributed by atoms with E-state index in [0.29, 0.717) is 25.3 Å². The summed E-state index contributed by atoms with van der Waals surface area (Å²) >= 11 is 0. The lowest BCUT2D eigenvalue weighted by molar-refractivity contribution is 0.309. The third-order valence-electron chi connectivity index (χ3n) is 3.13. The summed E-state index contributed by atoms with van der Waals surface area (Å²) in [5.74, 6) is 1.59. The molecule has 0 atom stereocenters. The van der Waals surface area contributed by atoms with Gasteiger partial charge in [0, 0.05) is 0 Å². The predicted octanol–water partition coefficient (Wildman–Crippen LogP) is 2.36. The normalized spacial score (nSPS) is 10.0. The molecule has 1 aromatic carbocycles. The van der Waals surface area contributed by atoms with Crippen molar-refractivity contribution in [2.24, 2.45) is 0 Å². The minimum absolute atomic E-state index is 0.367. The van der Waals surface area contributed by atoms with Gasteiger partial charge in [0.05, 0.1) is 26.0 Å². The molecule has 0 fully saturated rings. The van der Waals surface area contributed by atoms with Crippen LogP contribution in [0.5, 0.6) is 11.5 Å². The van der Waals surface area contributed by atoms with Crippen LogP contribution in [0.4, 0.5) is 0 Å². The maximum Gasteiger partial charge on any atom is 0.185 e. The van der Waals surface area contributed by atoms with Gasteiger partial charge in [-0.25, -0.2) is 4.68 Å². The SMILES string of the molecule is C=CCn1nnc(C#N)c1CCCOc1ccc(OC)cc1. The number of ether oxygens (including phenoxy) is 2. The average Bonchev–Trinajstić information content (AvgIpc) is 2.94. The molecule has 0 saturated heterocycles. The van der Waals surface area contributed by atoms with Gasteiger partial charge >= 0.3 is 0 Å². The molecule has 0 amide bonds. The lowest BCUT2D eigenvalue weighted by Gasteiger charge is -2.07. The highest BCUT2D eigenvalue weighted by molar-refractivity contribution is 5.31. The lowest BCUT2D eigenvalue weighted by atomic mass is 10.2. The zero-order valence-corrected chi connectivity index (χ0v) is 12.5. The molecular formula is C16H18N4O2. The molecule has 0 aliphatic heterocycles. The summed E-state index contributed by atoms with van der Waals surface area (Å²) in [4.78, 5) is 0. The number of aromatic nitrogens is 3. The highest BCUT2D eigenvalue weighted by Crippen LogP contribution is 2.17. The Bertz CT molecular complexity index is 656. The number of nitriles is 1. The van der Waals surface area contributed by atoms with E-state index in [2.05, 4.69) is 23.0 Å². The van der Waals surface area contributed by atoms with Crippen molar-refractivity contribution in [2.75, 3.05) is 13.7 Å². The third-order valence-corrected chi connectivity index (χ3v) is 3.13. The van der Waals surface area contributed by atoms with Gasteiger partial charge in [-0.15, -0.1) is 11.7 Å². The molecule has 2 aromatic rings. The minimum Gasteiger partial charge on any atom is -0.497 e. The van der Waals surface area contributed by atoms with Gasteiger partial charge < -0.3 is 9.47 Å². The molecular weight excluding hydrogens is 280 g/mol. The molecule has 6 heteroatoms. The van der Waals surface area contributed by atoms with Gasteiger partial charge in [0.25, 0.3) is 0 Å². The summed E-state index contributed by atoms with van der Waals surface area (Å²) in [5.41, 5.74) is 1.19. The Morgan fingerprint density at radius 1 is 1.32 bits per heavy atom. The monoisotopic (exact) mass is 298 g/mol. The van der Waals surface area contributed by atoms with Crippen molar-refractivity contribution >= 4 is 0 Å². The fraction of sp³-hybridized carbons (Fsp3) is 0.312. The molecule has 22 heavy (non-hydrogen) atoms. The van der Waals surface area contributed by atoms with E-state index in [1.807, 2.05) is 24.3 Å². The lowest BCUT2D eigenvalue weighted by Crippen LogP contribution is -2.07. The molecule has 0 N–H and O–H groups in total. The summed E-state index contributed by atoms with van der Waals surface area (Å²) in [6, 6.07) is 9.50. The van der Waals surface area contributed by atoms with E-state index in [4.69, 9.17) is 14.7 Å². The molecule has 0 radical (unpaired) electrons. The topological polar surface area (TPSA) is 73.0 Å². The van der Waals surface area contributed by atoms with Crippen LogP contribution in [0, 0.1) is 11.3 Å². The summed E-state index contributed by atoms with van der Waals surface area (Å²) < 4.78 is 12.5. The summed E-state index contributed by atoms with van der Waals surface area (Å²) in [5, 5.41) is 16.9. The largest absolute Gasteiger partial charge is 0.497 e. The summed E-state index contributed by atoms with van der Waals surface area (Å²) in [6.45, 7) is 4.77. The van der Waals surface area contributed by atoms with E-state index in [0.717, 1.165) is 23.6 Å². The molecule has 1 aromatic heterocycles. The molecule has 0 saturated carbocycles. The fourth-order valence-electron chi connectivity index (χ4n) is 2.04. The molecule has 0 spiro atoms. The van der Waals surface area contributed by atoms with Crippen molar-refractivity contribution in [1.29, 1.82) is 5.26 Å². The van der Waals surface area contributed by atoms with Crippen molar-refractivity contribution in [3.05, 3.63) is 48.3 Å². The van der Waals surface area contributed by atoms with E-state index in [1.54, 1.807) is 17.9 Å². The predicted molar refractivity (Wildman–Crippen MR) is 81.7 cm³/mol. The Kier molecular flexibility index (Phi) is 5.55. The van der Waals surface area contributed by atoms with E-state index >= 15 is 0 Å². The molecule has 1 heterocycles. The zero-order valence-electron chi connectivity index (χ0n) is 12.5. The fourth-order valence-corrected chi connectivity index (χ4v) is 2.04. The first-order valence-corrected chi connectivity index (χ1v) is 6.98. The summed E-state index contributed by atoms with van der Waals surface area (Å²) in [6.07, 6.45) is 3.18. The Labute approximate surface area is 129 Å². The second kappa shape index (κ2) is 7.84. The molecule has 114 valence electrons. The van der Waals surface area contributed by atoms with Crippen LogP contribution in [-0.2, 0) is 13.0 Å². The smallest absolute Gasteiger partial charge is 0.185 e. The second-order valence-corrected chi connectivity index (χ2v) is 4.59. The highest BCUT2D eigenvalue weighted by Gasteiger charge is 2.11. The first kappa shape index (κ1) is 15.6. The number of benzene rings is 1. The van der Waals surface area contributed by atoms with E-state index in [1.165, 1.54) is 0 Å². The van der Waals surface area contributed by atoms with Gasteiger partial charge in [-0.2, -0.15) is 5.26 Å². The van der Waals surface area contributed by atoms with Crippen LogP contribution in [0.2, 0.25) is 0 Å². The quantitative estimate of drug-likeness (QED) is 0.552. The Morgan fingerprint density at radius 2 is 2.05 bits per heavy atom. The Morgan fingerprint density at radius 3 is 2.68 bits per heavy atom. The van der Waals surface area contributed by atoms with Gasteiger partial charge in [-0.05, 0) is 37.1 Å². The van der Waals surface area contributed by atoms with Crippen LogP contribution in [0.1, 0.15) is 17.8 Å². The van der Waals surface area contributed by atoms with Crippen LogP contribution in [0.25, 0.3) is 0 Å². The van der Waals surface area contributed by atoms with Gasteiger partial charge in [-0.3, -0.25) is 0 Å². The van der Waals surface area contributed by atoms with Crippen molar-refractivity contribution in [2.45, 2.75) is 19.4 Å². The maximum atomic E-state index is 9.05. The second-order valence-electron chi connectivity index (χ2n) is 4.59. The number of nitrogens with zero attached hydrogens (tertiary/aromatic N) is 4. The standard InChI is InChI=1S/C16H18N4O2/c1-3-10-20-16(15(12-17)18-19-20)5-4-11-22-14-8-6-13(21-2)7-9-14/h3,6-9H,1,4-5,10-11H2,2H3. The van der Waals surface area contributed by atoms with Crippen molar-refractivity contribution in [3.63, 3.8) is 0 Å². The van der Waals surface area contributed by atoms with Gasteiger partial charge in [0.1, 0.15) is 17.6 Å². The molecule has 0 bridgehead atoms. The Hall–Kier alpha value is -2.81. The number of hydrogen-bond donors (Lipinski definition) is 0. The first-order chi connectivity index (χ1) is 10.8. The first-order valence-electron chi connectivity index (χ1n) is 6.98. The molecule has 2 rings (SSSR count). The third kappa shape index (κ3) is 3.85. The minimum atomic E-state index is 0.367. The van der Waals surface area contributed by atoms with Gasteiger partial charge in [0.15, 0.2) is 5.69 Å². The number of rotatable bonds is 8. The van der Waals surface area contributed by atoms with Crippen LogP contribution < -0.4 is 9.47 Å². The van der Waals surface area contributed by atoms with E-state index < -0.39 is 0 Å². The van der Waals surface area contributed by atoms with Crippen molar-refractivity contribution < 1.29 is 9.47 Å². The van der Waals surface area contributed by atoms with Crippen LogP contribution in [-0.4, -0.2) is 28.7 Å². The van der Waals surface area contributed by atoms with Crippen LogP contribution >= 0.6 is 0 Å². The average molecular weight is 298 g/mol. The van der Waals surface area contributed by atoms with E-state index in [9.17, 15) is 0 Å². The Balaban J connectivity index is 1.87. The summed E-state index contributed by atoms with van der Waals surface area (Å²) in [7, 11) is 1.63. The van der Waals surface area contributed by atoms with Crippen molar-refractivity contribution in [1.82, 2.24) is 15.0 Å². The van der Waals surface area contributed by atoms with Gasteiger partial charge in [-0.1, -0.05) is 11.3 Å².